The Labute approximate surface area is 250 Å². The third-order valence-electron chi connectivity index (χ3n) is 9.90. The molecular weight excluding hydrogens is 553 g/mol. The van der Waals surface area contributed by atoms with Gasteiger partial charge in [-0.05, 0) is 86.0 Å². The van der Waals surface area contributed by atoms with Gasteiger partial charge in [0.1, 0.15) is 23.7 Å². The number of aromatic nitrogens is 2. The minimum Gasteiger partial charge on any atom is -0.491 e. The molecule has 2 heterocycles. The Balaban J connectivity index is 1.08. The molecular formula is C33H37ClFN5O2. The Kier molecular flexibility index (Phi) is 7.76. The summed E-state index contributed by atoms with van der Waals surface area (Å²) in [5.74, 6) is 4.61. The highest BCUT2D eigenvalue weighted by Gasteiger charge is 2.51. The minimum atomic E-state index is -0.489. The third kappa shape index (κ3) is 5.84. The van der Waals surface area contributed by atoms with Crippen LogP contribution in [0.4, 0.5) is 21.6 Å². The van der Waals surface area contributed by atoms with Crippen molar-refractivity contribution in [3.63, 3.8) is 0 Å². The number of anilines is 3. The lowest BCUT2D eigenvalue weighted by molar-refractivity contribution is -0.111. The molecule has 220 valence electrons. The Morgan fingerprint density at radius 3 is 2.64 bits per heavy atom. The van der Waals surface area contributed by atoms with Crippen molar-refractivity contribution in [2.45, 2.75) is 44.9 Å². The fourth-order valence-corrected chi connectivity index (χ4v) is 7.96. The number of nitrogens with one attached hydrogen (secondary N) is 2. The van der Waals surface area contributed by atoms with Crippen LogP contribution in [0.3, 0.4) is 0 Å². The number of carbonyl (C=O) groups excluding carboxylic acids is 1. The average Bonchev–Trinajstić information content (AvgIpc) is 3.39. The normalized spacial score (nSPS) is 26.5. The van der Waals surface area contributed by atoms with E-state index >= 15 is 0 Å². The molecule has 4 aliphatic rings. The molecule has 1 saturated heterocycles. The van der Waals surface area contributed by atoms with Crippen molar-refractivity contribution in [1.29, 1.82) is 0 Å². The fraction of sp³-hybridized carbons (Fsp3) is 0.485. The van der Waals surface area contributed by atoms with E-state index in [0.29, 0.717) is 40.5 Å². The van der Waals surface area contributed by atoms with Crippen LogP contribution in [-0.4, -0.2) is 47.0 Å². The van der Waals surface area contributed by atoms with Gasteiger partial charge in [0, 0.05) is 42.9 Å². The van der Waals surface area contributed by atoms with Gasteiger partial charge in [-0.1, -0.05) is 30.5 Å². The van der Waals surface area contributed by atoms with E-state index in [1.165, 1.54) is 57.0 Å². The van der Waals surface area contributed by atoms with Crippen molar-refractivity contribution in [3.05, 3.63) is 59.7 Å². The molecule has 1 aromatic heterocycles. The number of nitrogens with zero attached hydrogens (tertiary/aromatic N) is 3. The number of benzene rings is 2. The molecule has 0 bridgehead atoms. The first-order valence-electron chi connectivity index (χ1n) is 15.4. The predicted molar refractivity (Wildman–Crippen MR) is 164 cm³/mol. The monoisotopic (exact) mass is 589 g/mol. The number of ether oxygens (including phenoxy) is 1. The number of fused-ring (bicyclic) bond motifs is 3. The highest BCUT2D eigenvalue weighted by atomic mass is 35.5. The van der Waals surface area contributed by atoms with Crippen LogP contribution in [0, 0.1) is 35.4 Å². The summed E-state index contributed by atoms with van der Waals surface area (Å²) in [6.45, 7) is 3.66. The van der Waals surface area contributed by atoms with E-state index in [2.05, 4.69) is 25.5 Å². The van der Waals surface area contributed by atoms with E-state index in [0.717, 1.165) is 55.6 Å². The summed E-state index contributed by atoms with van der Waals surface area (Å²) in [6, 6.07) is 8.12. The topological polar surface area (TPSA) is 79.4 Å². The minimum absolute atomic E-state index is 0.0192. The first kappa shape index (κ1) is 27.6. The summed E-state index contributed by atoms with van der Waals surface area (Å²) < 4.78 is 20.0. The standard InChI is InChI=1S/C33H37ClFN5O2/c34-27-14-22(9-10-28(27)35)38-33-26-15-30(39-32(41)8-3-12-40-17-20-4-1-5-21(20)18-40)31(16-29(26)36-19-37-33)42-13-11-25-23-6-2-7-24(23)25/h3,8-10,14-16,19-21,23-25H,1-2,4-7,11-13,17-18H2,(H,39,41)(H,36,37,38). The third-order valence-corrected chi connectivity index (χ3v) is 10.2. The molecule has 0 spiro atoms. The van der Waals surface area contributed by atoms with Crippen LogP contribution in [0.2, 0.25) is 5.02 Å². The molecule has 3 aliphatic carbocycles. The molecule has 7 nitrogen and oxygen atoms in total. The van der Waals surface area contributed by atoms with Crippen molar-refractivity contribution < 1.29 is 13.9 Å². The van der Waals surface area contributed by atoms with Crippen LogP contribution in [0.15, 0.2) is 48.8 Å². The molecule has 2 aromatic carbocycles. The highest BCUT2D eigenvalue weighted by Crippen LogP contribution is 2.59. The molecule has 3 saturated carbocycles. The highest BCUT2D eigenvalue weighted by molar-refractivity contribution is 6.31. The van der Waals surface area contributed by atoms with Crippen LogP contribution in [0.25, 0.3) is 10.9 Å². The van der Waals surface area contributed by atoms with Gasteiger partial charge in [0.2, 0.25) is 5.91 Å². The first-order valence-corrected chi connectivity index (χ1v) is 15.7. The maximum atomic E-state index is 13.7. The van der Waals surface area contributed by atoms with Gasteiger partial charge >= 0.3 is 0 Å². The van der Waals surface area contributed by atoms with Crippen LogP contribution in [0.5, 0.6) is 5.75 Å². The zero-order valence-electron chi connectivity index (χ0n) is 23.7. The largest absolute Gasteiger partial charge is 0.491 e. The zero-order chi connectivity index (χ0) is 28.6. The SMILES string of the molecule is O=C(C=CCN1CC2CCCC2C1)Nc1cc2c(Nc3ccc(F)c(Cl)c3)ncnc2cc1OCCC1C2CCCC21. The van der Waals surface area contributed by atoms with Crippen LogP contribution < -0.4 is 15.4 Å². The van der Waals surface area contributed by atoms with Crippen molar-refractivity contribution in [1.82, 2.24) is 14.9 Å². The summed E-state index contributed by atoms with van der Waals surface area (Å²) in [7, 11) is 0. The smallest absolute Gasteiger partial charge is 0.248 e. The van der Waals surface area contributed by atoms with Gasteiger partial charge in [-0.15, -0.1) is 0 Å². The predicted octanol–water partition coefficient (Wildman–Crippen LogP) is 7.21. The zero-order valence-corrected chi connectivity index (χ0v) is 24.5. The number of hydrogen-bond acceptors (Lipinski definition) is 6. The molecule has 1 amide bonds. The van der Waals surface area contributed by atoms with Gasteiger partial charge in [-0.3, -0.25) is 9.69 Å². The number of rotatable bonds is 10. The molecule has 42 heavy (non-hydrogen) atoms. The Morgan fingerprint density at radius 2 is 1.86 bits per heavy atom. The molecule has 4 unspecified atom stereocenters. The van der Waals surface area contributed by atoms with Gasteiger partial charge in [-0.25, -0.2) is 14.4 Å². The van der Waals surface area contributed by atoms with Crippen molar-refractivity contribution in [2.75, 3.05) is 36.9 Å². The average molecular weight is 590 g/mol. The second-order valence-corrected chi connectivity index (χ2v) is 12.9. The number of halogens is 2. The molecule has 7 rings (SSSR count). The summed E-state index contributed by atoms with van der Waals surface area (Å²) in [4.78, 5) is 24.4. The Morgan fingerprint density at radius 1 is 1.07 bits per heavy atom. The van der Waals surface area contributed by atoms with Gasteiger partial charge in [0.05, 0.1) is 22.8 Å². The molecule has 2 N–H and O–H groups in total. The Hall–Kier alpha value is -3.23. The van der Waals surface area contributed by atoms with Crippen LogP contribution >= 0.6 is 11.6 Å². The van der Waals surface area contributed by atoms with Gasteiger partial charge in [0.25, 0.3) is 0 Å². The summed E-state index contributed by atoms with van der Waals surface area (Å²) in [5, 5.41) is 6.97. The maximum Gasteiger partial charge on any atom is 0.248 e. The lowest BCUT2D eigenvalue weighted by Gasteiger charge is -2.16. The first-order chi connectivity index (χ1) is 20.5. The van der Waals surface area contributed by atoms with E-state index in [4.69, 9.17) is 16.3 Å². The molecule has 3 aromatic rings. The summed E-state index contributed by atoms with van der Waals surface area (Å²) in [6.07, 6.45) is 14.2. The van der Waals surface area contributed by atoms with Gasteiger partial charge < -0.3 is 15.4 Å². The van der Waals surface area contributed by atoms with Crippen LogP contribution in [-0.2, 0) is 4.79 Å². The summed E-state index contributed by atoms with van der Waals surface area (Å²) in [5.41, 5.74) is 1.84. The summed E-state index contributed by atoms with van der Waals surface area (Å²) >= 11 is 5.99. The van der Waals surface area contributed by atoms with Crippen molar-refractivity contribution in [2.24, 2.45) is 29.6 Å². The van der Waals surface area contributed by atoms with E-state index < -0.39 is 5.82 Å². The van der Waals surface area contributed by atoms with E-state index in [9.17, 15) is 9.18 Å². The second-order valence-electron chi connectivity index (χ2n) is 12.5. The fourth-order valence-electron chi connectivity index (χ4n) is 7.78. The second kappa shape index (κ2) is 11.8. The van der Waals surface area contributed by atoms with E-state index in [1.807, 2.05) is 18.2 Å². The molecule has 4 fully saturated rings. The molecule has 4 atom stereocenters. The lowest BCUT2D eigenvalue weighted by Crippen LogP contribution is -2.22. The van der Waals surface area contributed by atoms with E-state index in [-0.39, 0.29) is 10.9 Å². The van der Waals surface area contributed by atoms with Gasteiger partial charge in [-0.2, -0.15) is 0 Å². The number of likely N-dealkylation sites (tertiary alicyclic amines) is 1. The van der Waals surface area contributed by atoms with Crippen molar-refractivity contribution >= 4 is 45.6 Å². The quantitative estimate of drug-likeness (QED) is 0.243. The van der Waals surface area contributed by atoms with E-state index in [1.54, 1.807) is 12.1 Å². The van der Waals surface area contributed by atoms with Crippen LogP contribution in [0.1, 0.15) is 44.9 Å². The van der Waals surface area contributed by atoms with Crippen molar-refractivity contribution in [3.8, 4) is 5.75 Å². The number of hydrogen-bond donors (Lipinski definition) is 2. The maximum absolute atomic E-state index is 13.7. The lowest BCUT2D eigenvalue weighted by atomic mass is 10.0. The van der Waals surface area contributed by atoms with Gasteiger partial charge in [0.15, 0.2) is 0 Å². The Bertz CT molecular complexity index is 1490. The molecule has 9 heteroatoms. The number of amides is 1. The molecule has 1 aliphatic heterocycles. The molecule has 0 radical (unpaired) electrons. The number of carbonyl (C=O) groups is 1.